The van der Waals surface area contributed by atoms with Crippen molar-refractivity contribution in [3.05, 3.63) is 40.8 Å². The number of aromatic nitrogens is 3. The van der Waals surface area contributed by atoms with Gasteiger partial charge in [-0.2, -0.15) is 5.10 Å². The Bertz CT molecular complexity index is 669. The molecular formula is C16H22ClN5O. The number of pyridine rings is 1. The smallest absolute Gasteiger partial charge is 0.318 e. The highest BCUT2D eigenvalue weighted by molar-refractivity contribution is 6.34. The Labute approximate surface area is 141 Å². The zero-order valence-electron chi connectivity index (χ0n) is 13.9. The van der Waals surface area contributed by atoms with Crippen molar-refractivity contribution in [2.75, 3.05) is 11.9 Å². The molecule has 0 unspecified atom stereocenters. The molecule has 0 radical (unpaired) electrons. The molecule has 0 saturated heterocycles. The molecule has 23 heavy (non-hydrogen) atoms. The van der Waals surface area contributed by atoms with E-state index >= 15 is 0 Å². The van der Waals surface area contributed by atoms with E-state index < -0.39 is 0 Å². The van der Waals surface area contributed by atoms with Crippen LogP contribution < -0.4 is 5.32 Å². The van der Waals surface area contributed by atoms with Gasteiger partial charge in [0, 0.05) is 19.8 Å². The summed E-state index contributed by atoms with van der Waals surface area (Å²) in [7, 11) is 1.75. The summed E-state index contributed by atoms with van der Waals surface area (Å²) in [4.78, 5) is 18.7. The van der Waals surface area contributed by atoms with Gasteiger partial charge in [0.15, 0.2) is 5.82 Å². The van der Waals surface area contributed by atoms with Gasteiger partial charge in [-0.05, 0) is 25.0 Å². The van der Waals surface area contributed by atoms with E-state index in [2.05, 4.69) is 29.2 Å². The Morgan fingerprint density at radius 2 is 2.17 bits per heavy atom. The lowest BCUT2D eigenvalue weighted by atomic mass is 10.2. The molecule has 0 spiro atoms. The highest BCUT2D eigenvalue weighted by atomic mass is 35.5. The summed E-state index contributed by atoms with van der Waals surface area (Å²) in [6, 6.07) is 5.46. The van der Waals surface area contributed by atoms with Crippen molar-refractivity contribution in [2.24, 2.45) is 13.0 Å². The lowest BCUT2D eigenvalue weighted by Crippen LogP contribution is -2.37. The molecule has 2 aromatic heterocycles. The third kappa shape index (κ3) is 4.45. The van der Waals surface area contributed by atoms with Gasteiger partial charge >= 0.3 is 6.03 Å². The number of hydrogen-bond donors (Lipinski definition) is 1. The van der Waals surface area contributed by atoms with Crippen LogP contribution in [-0.2, 0) is 13.6 Å². The molecule has 0 aliphatic heterocycles. The number of urea groups is 1. The van der Waals surface area contributed by atoms with Gasteiger partial charge in [-0.15, -0.1) is 0 Å². The molecule has 124 valence electrons. The molecule has 2 amide bonds. The number of anilines is 1. The van der Waals surface area contributed by atoms with Crippen LogP contribution in [0.2, 0.25) is 5.02 Å². The second kappa shape index (κ2) is 7.46. The molecule has 0 atom stereocenters. The summed E-state index contributed by atoms with van der Waals surface area (Å²) in [6.45, 7) is 7.01. The number of hydrogen-bond acceptors (Lipinski definition) is 3. The summed E-state index contributed by atoms with van der Waals surface area (Å²) in [5.74, 6) is 0.845. The lowest BCUT2D eigenvalue weighted by molar-refractivity contribution is 0.200. The minimum atomic E-state index is -0.214. The Morgan fingerprint density at radius 3 is 2.70 bits per heavy atom. The molecule has 2 rings (SSSR count). The van der Waals surface area contributed by atoms with E-state index in [1.165, 1.54) is 0 Å². The molecule has 7 heteroatoms. The zero-order valence-corrected chi connectivity index (χ0v) is 14.6. The molecule has 0 saturated carbocycles. The number of amides is 2. The number of halogens is 1. The second-order valence-electron chi connectivity index (χ2n) is 5.90. The number of nitrogens with zero attached hydrogens (tertiary/aromatic N) is 4. The number of aryl methyl sites for hydroxylation is 2. The fourth-order valence-corrected chi connectivity index (χ4v) is 2.50. The first-order valence-corrected chi connectivity index (χ1v) is 7.91. The average Bonchev–Trinajstić information content (AvgIpc) is 2.73. The summed E-state index contributed by atoms with van der Waals surface area (Å²) in [5, 5.41) is 7.52. The topological polar surface area (TPSA) is 63.1 Å². The highest BCUT2D eigenvalue weighted by Gasteiger charge is 2.20. The Kier molecular flexibility index (Phi) is 5.60. The molecular weight excluding hydrogens is 314 g/mol. The van der Waals surface area contributed by atoms with E-state index in [9.17, 15) is 4.79 Å². The van der Waals surface area contributed by atoms with E-state index in [0.29, 0.717) is 35.5 Å². The lowest BCUT2D eigenvalue weighted by Gasteiger charge is -2.24. The first-order valence-electron chi connectivity index (χ1n) is 7.53. The average molecular weight is 336 g/mol. The highest BCUT2D eigenvalue weighted by Crippen LogP contribution is 2.24. The Morgan fingerprint density at radius 1 is 1.43 bits per heavy atom. The van der Waals surface area contributed by atoms with Crippen LogP contribution >= 0.6 is 11.6 Å². The summed E-state index contributed by atoms with van der Waals surface area (Å²) >= 11 is 6.20. The van der Waals surface area contributed by atoms with Crippen LogP contribution in [0.15, 0.2) is 24.4 Å². The largest absolute Gasteiger partial charge is 0.323 e. The molecule has 2 aromatic rings. The molecule has 0 aromatic carbocycles. The summed E-state index contributed by atoms with van der Waals surface area (Å²) in [5.41, 5.74) is 1.53. The van der Waals surface area contributed by atoms with Crippen LogP contribution in [0.5, 0.6) is 0 Å². The van der Waals surface area contributed by atoms with Gasteiger partial charge in [0.05, 0.1) is 17.9 Å². The van der Waals surface area contributed by atoms with Crippen LogP contribution in [-0.4, -0.2) is 32.2 Å². The van der Waals surface area contributed by atoms with E-state index in [1.807, 2.05) is 18.2 Å². The van der Waals surface area contributed by atoms with Crippen LogP contribution in [0.25, 0.3) is 0 Å². The van der Waals surface area contributed by atoms with Gasteiger partial charge in [0.25, 0.3) is 0 Å². The fraction of sp³-hybridized carbons (Fsp3) is 0.438. The van der Waals surface area contributed by atoms with Gasteiger partial charge in [0.1, 0.15) is 5.02 Å². The van der Waals surface area contributed by atoms with E-state index in [4.69, 9.17) is 11.6 Å². The molecule has 6 nitrogen and oxygen atoms in total. The van der Waals surface area contributed by atoms with Crippen molar-refractivity contribution in [2.45, 2.75) is 27.3 Å². The first kappa shape index (κ1) is 17.3. The van der Waals surface area contributed by atoms with Gasteiger partial charge in [-0.1, -0.05) is 31.5 Å². The number of nitrogens with one attached hydrogen (secondary N) is 1. The maximum absolute atomic E-state index is 12.7. The third-order valence-corrected chi connectivity index (χ3v) is 3.78. The summed E-state index contributed by atoms with van der Waals surface area (Å²) < 4.78 is 1.57. The van der Waals surface area contributed by atoms with Crippen molar-refractivity contribution in [1.29, 1.82) is 0 Å². The molecule has 1 N–H and O–H groups in total. The number of carbonyl (C=O) groups is 1. The number of carbonyl (C=O) groups excluding carboxylic acids is 1. The van der Waals surface area contributed by atoms with E-state index in [-0.39, 0.29) is 6.03 Å². The van der Waals surface area contributed by atoms with Crippen LogP contribution in [0.1, 0.15) is 25.2 Å². The Hall–Kier alpha value is -2.08. The van der Waals surface area contributed by atoms with Crippen LogP contribution in [0.3, 0.4) is 0 Å². The Balaban J connectivity index is 2.16. The van der Waals surface area contributed by atoms with E-state index in [1.54, 1.807) is 29.7 Å². The van der Waals surface area contributed by atoms with Crippen molar-refractivity contribution >= 4 is 23.4 Å². The predicted molar refractivity (Wildman–Crippen MR) is 91.5 cm³/mol. The second-order valence-corrected chi connectivity index (χ2v) is 6.28. The molecule has 0 bridgehead atoms. The third-order valence-electron chi connectivity index (χ3n) is 3.33. The standard InChI is InChI=1S/C16H22ClN5O/c1-11(2)9-22(10-13-7-5-6-8-18-13)16(23)19-15-14(17)12(3)20-21(15)4/h5-8,11H,9-10H2,1-4H3,(H,19,23). The van der Waals surface area contributed by atoms with Crippen molar-refractivity contribution < 1.29 is 4.79 Å². The first-order chi connectivity index (χ1) is 10.9. The SMILES string of the molecule is Cc1nn(C)c(NC(=O)N(Cc2ccccn2)CC(C)C)c1Cl. The minimum Gasteiger partial charge on any atom is -0.318 e. The summed E-state index contributed by atoms with van der Waals surface area (Å²) in [6.07, 6.45) is 1.72. The van der Waals surface area contributed by atoms with Crippen molar-refractivity contribution in [1.82, 2.24) is 19.7 Å². The van der Waals surface area contributed by atoms with E-state index in [0.717, 1.165) is 5.69 Å². The van der Waals surface area contributed by atoms with Crippen LogP contribution in [0.4, 0.5) is 10.6 Å². The fourth-order valence-electron chi connectivity index (χ4n) is 2.30. The molecule has 2 heterocycles. The van der Waals surface area contributed by atoms with Gasteiger partial charge in [0.2, 0.25) is 0 Å². The monoisotopic (exact) mass is 335 g/mol. The maximum Gasteiger partial charge on any atom is 0.323 e. The van der Waals surface area contributed by atoms with Crippen molar-refractivity contribution in [3.63, 3.8) is 0 Å². The van der Waals surface area contributed by atoms with Gasteiger partial charge in [-0.3, -0.25) is 15.0 Å². The maximum atomic E-state index is 12.7. The number of rotatable bonds is 5. The molecule has 0 aliphatic carbocycles. The quantitative estimate of drug-likeness (QED) is 0.910. The predicted octanol–water partition coefficient (Wildman–Crippen LogP) is 3.47. The minimum absolute atomic E-state index is 0.214. The van der Waals surface area contributed by atoms with Gasteiger partial charge < -0.3 is 4.90 Å². The van der Waals surface area contributed by atoms with Crippen LogP contribution in [0, 0.1) is 12.8 Å². The van der Waals surface area contributed by atoms with Crippen molar-refractivity contribution in [3.8, 4) is 0 Å². The normalized spacial score (nSPS) is 10.9. The zero-order chi connectivity index (χ0) is 17.0. The molecule has 0 aliphatic rings. The molecule has 0 fully saturated rings. The van der Waals surface area contributed by atoms with Gasteiger partial charge in [-0.25, -0.2) is 4.79 Å².